The monoisotopic (exact) mass is 444 g/mol. The van der Waals surface area contributed by atoms with Crippen LogP contribution in [0.3, 0.4) is 0 Å². The van der Waals surface area contributed by atoms with Gasteiger partial charge in [-0.1, -0.05) is 26.0 Å². The molecule has 0 aliphatic heterocycles. The molecule has 158 valence electrons. The largest absolute Gasteiger partial charge is 1.00 e. The number of rotatable bonds is 7. The molecule has 0 spiro atoms. The number of hydrogen-bond donors (Lipinski definition) is 1. The summed E-state index contributed by atoms with van der Waals surface area (Å²) < 4.78 is 25.6. The number of hydrogen-bond acceptors (Lipinski definition) is 8. The summed E-state index contributed by atoms with van der Waals surface area (Å²) in [4.78, 5) is 23.4. The van der Waals surface area contributed by atoms with E-state index < -0.39 is 17.2 Å². The zero-order valence-corrected chi connectivity index (χ0v) is 19.8. The molecule has 0 saturated heterocycles. The molecule has 0 saturated carbocycles. The number of nitrogens with one attached hydrogen (secondary N) is 1. The number of fused-ring (bicyclic) bond motifs is 1. The number of carbonyl (C=O) groups is 1. The summed E-state index contributed by atoms with van der Waals surface area (Å²) in [5, 5.41) is 14.0. The van der Waals surface area contributed by atoms with Crippen LogP contribution in [0.1, 0.15) is 13.8 Å². The number of halogens is 1. The second-order valence-electron chi connectivity index (χ2n) is 7.52. The van der Waals surface area contributed by atoms with Gasteiger partial charge < -0.3 is 24.4 Å². The quantitative estimate of drug-likeness (QED) is 0.406. The molecule has 2 aromatic heterocycles. The van der Waals surface area contributed by atoms with Crippen LogP contribution >= 0.6 is 0 Å². The van der Waals surface area contributed by atoms with E-state index in [1.165, 1.54) is 32.3 Å². The number of anilines is 2. The number of para-hydroxylation sites is 2. The fraction of sp³-hybridized carbons (Fsp3) is 0.182. The fourth-order valence-corrected chi connectivity index (χ4v) is 2.71. The van der Waals surface area contributed by atoms with Gasteiger partial charge in [0.15, 0.2) is 5.58 Å². The summed E-state index contributed by atoms with van der Waals surface area (Å²) in [5.74, 6) is -1.73. The zero-order valence-electron chi connectivity index (χ0n) is 17.8. The molecule has 4 aromatic rings. The molecule has 2 aromatic carbocycles. The molecule has 0 aliphatic carbocycles. The Labute approximate surface area is 205 Å². The first-order valence-electron chi connectivity index (χ1n) is 9.41. The van der Waals surface area contributed by atoms with Crippen molar-refractivity contribution in [1.82, 2.24) is 15.0 Å². The number of carbonyl (C=O) groups excluding carboxylic acids is 1. The van der Waals surface area contributed by atoms with E-state index in [1.807, 2.05) is 18.2 Å². The van der Waals surface area contributed by atoms with Crippen molar-refractivity contribution in [3.63, 3.8) is 0 Å². The molecule has 10 heteroatoms. The first kappa shape index (κ1) is 23.6. The van der Waals surface area contributed by atoms with Gasteiger partial charge in [0.1, 0.15) is 17.9 Å². The Bertz CT molecular complexity index is 1210. The van der Waals surface area contributed by atoms with Gasteiger partial charge in [-0.05, 0) is 30.3 Å². The molecular weight excluding hydrogens is 426 g/mol. The summed E-state index contributed by atoms with van der Waals surface area (Å²) >= 11 is 0. The van der Waals surface area contributed by atoms with Crippen LogP contribution in [-0.2, 0) is 4.79 Å². The number of aromatic nitrogens is 3. The molecule has 8 nitrogen and oxygen atoms in total. The Hall–Kier alpha value is -3.01. The van der Waals surface area contributed by atoms with Crippen LogP contribution in [0.15, 0.2) is 59.3 Å². The van der Waals surface area contributed by atoms with E-state index >= 15 is 0 Å². The smallest absolute Gasteiger partial charge is 0.549 e. The topological polar surface area (TPSA) is 113 Å². The Morgan fingerprint density at radius 2 is 1.91 bits per heavy atom. The molecule has 0 unspecified atom stereocenters. The normalized spacial score (nSPS) is 11.1. The molecule has 0 fully saturated rings. The first-order valence-corrected chi connectivity index (χ1v) is 9.41. The molecule has 4 rings (SSSR count). The molecule has 2 heterocycles. The number of nitrogens with zero attached hydrogens (tertiary/aromatic N) is 3. The van der Waals surface area contributed by atoms with Crippen molar-refractivity contribution in [2.45, 2.75) is 13.8 Å². The van der Waals surface area contributed by atoms with Crippen molar-refractivity contribution in [1.29, 1.82) is 0 Å². The van der Waals surface area contributed by atoms with Crippen molar-refractivity contribution >= 4 is 28.8 Å². The van der Waals surface area contributed by atoms with Gasteiger partial charge in [-0.15, -0.1) is 0 Å². The summed E-state index contributed by atoms with van der Waals surface area (Å²) in [6.07, 6.45) is 2.81. The van der Waals surface area contributed by atoms with Gasteiger partial charge in [0.25, 0.3) is 6.01 Å². The van der Waals surface area contributed by atoms with E-state index in [1.54, 1.807) is 18.2 Å². The van der Waals surface area contributed by atoms with E-state index in [0.29, 0.717) is 27.9 Å². The molecule has 0 aliphatic rings. The van der Waals surface area contributed by atoms with Crippen LogP contribution in [0.25, 0.3) is 22.2 Å². The summed E-state index contributed by atoms with van der Waals surface area (Å²) in [5.41, 5.74) is 1.35. The van der Waals surface area contributed by atoms with Crippen molar-refractivity contribution < 1.29 is 53.0 Å². The average Bonchev–Trinajstić information content (AvgIpc) is 3.15. The van der Waals surface area contributed by atoms with Crippen LogP contribution in [-0.4, -0.2) is 27.5 Å². The molecule has 0 bridgehead atoms. The third-order valence-electron chi connectivity index (χ3n) is 4.57. The number of benzene rings is 2. The van der Waals surface area contributed by atoms with Gasteiger partial charge in [-0.25, -0.2) is 14.4 Å². The standard InChI is InChI=1S/C22H19FN4O4.Na/c1-22(2,19(28)29)12-30-20-24-10-13(11-25-20)15-8-7-14(9-16(15)23)26-21-27-17-5-3-4-6-18(17)31-21;/h3-11H,12H2,1-2H3,(H,26,27)(H,28,29);/q;+1/p-1. The Kier molecular flexibility index (Phi) is 7.12. The SMILES string of the molecule is CC(C)(COc1ncc(-c2ccc(Nc3nc4ccccc4o3)cc2F)cn1)C(=O)[O-].[Na+]. The molecule has 0 radical (unpaired) electrons. The van der Waals surface area contributed by atoms with Crippen molar-refractivity contribution in [3.8, 4) is 17.1 Å². The summed E-state index contributed by atoms with van der Waals surface area (Å²) in [6, 6.07) is 12.1. The Morgan fingerprint density at radius 3 is 2.56 bits per heavy atom. The minimum absolute atomic E-state index is 0. The first-order chi connectivity index (χ1) is 14.8. The Balaban J connectivity index is 0.00000289. The number of carboxylic acid groups (broad SMARTS) is 1. The van der Waals surface area contributed by atoms with E-state index in [9.17, 15) is 14.3 Å². The third kappa shape index (κ3) is 5.24. The van der Waals surface area contributed by atoms with E-state index in [2.05, 4.69) is 20.3 Å². The van der Waals surface area contributed by atoms with Crippen LogP contribution < -0.4 is 44.7 Å². The molecule has 32 heavy (non-hydrogen) atoms. The maximum atomic E-state index is 14.7. The third-order valence-corrected chi connectivity index (χ3v) is 4.57. The molecular formula is C22H18FN4NaO4. The van der Waals surface area contributed by atoms with Gasteiger partial charge in [-0.2, -0.15) is 4.98 Å². The summed E-state index contributed by atoms with van der Waals surface area (Å²) in [7, 11) is 0. The fourth-order valence-electron chi connectivity index (χ4n) is 2.71. The number of carboxylic acids is 1. The van der Waals surface area contributed by atoms with Crippen LogP contribution in [0.4, 0.5) is 16.1 Å². The Morgan fingerprint density at radius 1 is 1.19 bits per heavy atom. The minimum atomic E-state index is -1.24. The predicted octanol–water partition coefficient (Wildman–Crippen LogP) is 0.326. The second kappa shape index (κ2) is 9.64. The second-order valence-corrected chi connectivity index (χ2v) is 7.52. The van der Waals surface area contributed by atoms with E-state index in [0.717, 1.165) is 0 Å². The van der Waals surface area contributed by atoms with Crippen LogP contribution in [0, 0.1) is 11.2 Å². The minimum Gasteiger partial charge on any atom is -0.549 e. The summed E-state index contributed by atoms with van der Waals surface area (Å²) in [6.45, 7) is 2.80. The van der Waals surface area contributed by atoms with Crippen LogP contribution in [0.2, 0.25) is 0 Å². The van der Waals surface area contributed by atoms with Crippen LogP contribution in [0.5, 0.6) is 6.01 Å². The number of oxazole rings is 1. The molecule has 0 atom stereocenters. The molecule has 0 amide bonds. The van der Waals surface area contributed by atoms with Crippen molar-refractivity contribution in [2.24, 2.45) is 5.41 Å². The number of ether oxygens (including phenoxy) is 1. The van der Waals surface area contributed by atoms with Gasteiger partial charge >= 0.3 is 35.6 Å². The maximum absolute atomic E-state index is 14.7. The zero-order chi connectivity index (χ0) is 22.0. The predicted molar refractivity (Wildman–Crippen MR) is 109 cm³/mol. The van der Waals surface area contributed by atoms with E-state index in [4.69, 9.17) is 9.15 Å². The average molecular weight is 444 g/mol. The van der Waals surface area contributed by atoms with E-state index in [-0.39, 0.29) is 48.2 Å². The van der Waals surface area contributed by atoms with Gasteiger partial charge in [0.2, 0.25) is 0 Å². The van der Waals surface area contributed by atoms with Gasteiger partial charge in [-0.3, -0.25) is 0 Å². The van der Waals surface area contributed by atoms with Crippen molar-refractivity contribution in [2.75, 3.05) is 11.9 Å². The number of aliphatic carboxylic acids is 1. The van der Waals surface area contributed by atoms with Gasteiger partial charge in [0.05, 0.1) is 5.97 Å². The van der Waals surface area contributed by atoms with Crippen molar-refractivity contribution in [3.05, 3.63) is 60.7 Å². The maximum Gasteiger partial charge on any atom is 1.00 e. The van der Waals surface area contributed by atoms with Gasteiger partial charge in [0, 0.05) is 34.6 Å². The molecule has 1 N–H and O–H groups in total.